The van der Waals surface area contributed by atoms with E-state index in [0.29, 0.717) is 0 Å². The van der Waals surface area contributed by atoms with Crippen LogP contribution >= 0.6 is 0 Å². The number of nitrogens with zero attached hydrogens (tertiary/aromatic N) is 1. The fraction of sp³-hybridized carbons (Fsp3) is 0.113. The third-order valence-corrected chi connectivity index (χ3v) is 12.1. The fourth-order valence-electron chi connectivity index (χ4n) is 10.0. The number of pyridine rings is 1. The van der Waals surface area contributed by atoms with Crippen molar-refractivity contribution in [2.45, 2.75) is 41.5 Å². The zero-order chi connectivity index (χ0) is 37.5. The largest absolute Gasteiger partial charge is 0.247 e. The molecule has 0 bridgehead atoms. The molecule has 0 aliphatic rings. The van der Waals surface area contributed by atoms with Crippen LogP contribution in [0.1, 0.15) is 33.4 Å². The number of hydrogen-bond acceptors (Lipinski definition) is 1. The summed E-state index contributed by atoms with van der Waals surface area (Å²) in [7, 11) is 0. The van der Waals surface area contributed by atoms with Crippen molar-refractivity contribution in [3.8, 4) is 22.4 Å². The van der Waals surface area contributed by atoms with Crippen molar-refractivity contribution in [2.75, 3.05) is 0 Å². The maximum absolute atomic E-state index is 5.25. The van der Waals surface area contributed by atoms with Gasteiger partial charge in [-0.2, -0.15) is 0 Å². The van der Waals surface area contributed by atoms with Gasteiger partial charge in [-0.05, 0) is 97.1 Å². The van der Waals surface area contributed by atoms with Crippen LogP contribution < -0.4 is 16.4 Å². The molecule has 10 rings (SSSR count). The third-order valence-electron chi connectivity index (χ3n) is 12.1. The second-order valence-electron chi connectivity index (χ2n) is 15.9. The molecule has 0 aliphatic heterocycles. The van der Waals surface area contributed by atoms with Crippen molar-refractivity contribution < 1.29 is 0 Å². The zero-order valence-electron chi connectivity index (χ0n) is 32.4. The Morgan fingerprint density at radius 3 is 1.64 bits per heavy atom. The molecule has 9 aromatic carbocycles. The highest BCUT2D eigenvalue weighted by Crippen LogP contribution is 2.45. The molecule has 0 saturated carbocycles. The van der Waals surface area contributed by atoms with Gasteiger partial charge in [0.15, 0.2) is 0 Å². The van der Waals surface area contributed by atoms with Crippen LogP contribution in [0.25, 0.3) is 76.4 Å². The Kier molecular flexibility index (Phi) is 7.68. The van der Waals surface area contributed by atoms with Crippen LogP contribution in [0, 0.1) is 41.5 Å². The van der Waals surface area contributed by atoms with Gasteiger partial charge in [0.05, 0.1) is 11.2 Å². The summed E-state index contributed by atoms with van der Waals surface area (Å²) < 4.78 is 0. The van der Waals surface area contributed by atoms with E-state index >= 15 is 0 Å². The van der Waals surface area contributed by atoms with Crippen molar-refractivity contribution in [3.63, 3.8) is 0 Å². The maximum Gasteiger partial charge on any atom is 0.242 e. The van der Waals surface area contributed by atoms with Crippen molar-refractivity contribution in [1.29, 1.82) is 0 Å². The van der Waals surface area contributed by atoms with Gasteiger partial charge in [-0.25, -0.2) is 4.98 Å². The van der Waals surface area contributed by atoms with E-state index in [2.05, 4.69) is 187 Å². The average molecular weight is 704 g/mol. The molecule has 0 N–H and O–H groups in total. The van der Waals surface area contributed by atoms with Crippen LogP contribution in [-0.2, 0) is 0 Å². The highest BCUT2D eigenvalue weighted by atomic mass is 14.7. The number of hydrogen-bond donors (Lipinski definition) is 0. The van der Waals surface area contributed by atoms with E-state index in [4.69, 9.17) is 4.98 Å². The molecule has 0 saturated heterocycles. The lowest BCUT2D eigenvalue weighted by molar-refractivity contribution is 1.34. The fourth-order valence-corrected chi connectivity index (χ4v) is 10.0. The minimum atomic E-state index is 0.148. The second kappa shape index (κ2) is 12.7. The highest BCUT2D eigenvalue weighted by Gasteiger charge is 2.28. The topological polar surface area (TPSA) is 12.9 Å². The summed E-state index contributed by atoms with van der Waals surface area (Å²) in [5, 5.41) is 11.4. The Morgan fingerprint density at radius 1 is 0.400 bits per heavy atom. The van der Waals surface area contributed by atoms with E-state index in [-0.39, 0.29) is 6.71 Å². The first kappa shape index (κ1) is 33.3. The van der Waals surface area contributed by atoms with Crippen molar-refractivity contribution in [3.05, 3.63) is 179 Å². The second-order valence-corrected chi connectivity index (χ2v) is 15.9. The van der Waals surface area contributed by atoms with Gasteiger partial charge in [0.25, 0.3) is 0 Å². The molecule has 10 aromatic rings. The third kappa shape index (κ3) is 5.27. The van der Waals surface area contributed by atoms with E-state index in [1.807, 2.05) is 0 Å². The average Bonchev–Trinajstić information content (AvgIpc) is 3.18. The summed E-state index contributed by atoms with van der Waals surface area (Å²) in [6.07, 6.45) is 0. The number of aryl methyl sites for hydroxylation is 6. The van der Waals surface area contributed by atoms with Crippen molar-refractivity contribution in [1.82, 2.24) is 4.98 Å². The van der Waals surface area contributed by atoms with Crippen LogP contribution in [-0.4, -0.2) is 11.7 Å². The number of para-hydroxylation sites is 1. The Morgan fingerprint density at radius 2 is 0.964 bits per heavy atom. The lowest BCUT2D eigenvalue weighted by Gasteiger charge is -2.25. The standard InChI is InChI=1S/C53H42BN/c1-31-26-33(3)51(34(4)27-31)54(52-35(5)28-32(2)29-36(52)6)41-21-16-37(17-22-41)42-23-18-38-19-25-45-49-40(20-24-43(42)48(38)49)30-46-50(45)44-14-10-11-15-47(44)55-53(46)39-12-8-7-9-13-39/h7-30H,1-6H3. The Balaban J connectivity index is 1.18. The lowest BCUT2D eigenvalue weighted by atomic mass is 9.34. The summed E-state index contributed by atoms with van der Waals surface area (Å²) in [5.74, 6) is 0. The highest BCUT2D eigenvalue weighted by molar-refractivity contribution is 6.96. The van der Waals surface area contributed by atoms with Gasteiger partial charge in [0.1, 0.15) is 0 Å². The molecule has 0 fully saturated rings. The van der Waals surface area contributed by atoms with Gasteiger partial charge in [0.2, 0.25) is 6.71 Å². The van der Waals surface area contributed by atoms with Gasteiger partial charge in [0, 0.05) is 21.7 Å². The van der Waals surface area contributed by atoms with E-state index < -0.39 is 0 Å². The van der Waals surface area contributed by atoms with Gasteiger partial charge < -0.3 is 0 Å². The minimum absolute atomic E-state index is 0.148. The molecular weight excluding hydrogens is 661 g/mol. The molecule has 0 spiro atoms. The first-order valence-corrected chi connectivity index (χ1v) is 19.5. The van der Waals surface area contributed by atoms with Crippen LogP contribution in [0.5, 0.6) is 0 Å². The molecule has 0 unspecified atom stereocenters. The van der Waals surface area contributed by atoms with Crippen molar-refractivity contribution >= 4 is 77.1 Å². The first-order chi connectivity index (χ1) is 26.7. The molecule has 1 aromatic heterocycles. The predicted molar refractivity (Wildman–Crippen MR) is 240 cm³/mol. The molecular formula is C53H42BN. The number of benzene rings is 9. The van der Waals surface area contributed by atoms with Gasteiger partial charge in [-0.1, -0.05) is 183 Å². The number of fused-ring (bicyclic) bond motifs is 4. The van der Waals surface area contributed by atoms with Crippen LogP contribution in [0.15, 0.2) is 146 Å². The van der Waals surface area contributed by atoms with Crippen LogP contribution in [0.4, 0.5) is 0 Å². The summed E-state index contributed by atoms with van der Waals surface area (Å²) in [6.45, 7) is 13.7. The Bertz CT molecular complexity index is 3030. The molecule has 0 aliphatic carbocycles. The molecule has 2 heteroatoms. The molecule has 0 atom stereocenters. The summed E-state index contributed by atoms with van der Waals surface area (Å²) in [4.78, 5) is 5.25. The number of aromatic nitrogens is 1. The van der Waals surface area contributed by atoms with E-state index in [9.17, 15) is 0 Å². The van der Waals surface area contributed by atoms with Crippen LogP contribution in [0.2, 0.25) is 0 Å². The van der Waals surface area contributed by atoms with E-state index in [1.54, 1.807) is 0 Å². The molecule has 0 amide bonds. The van der Waals surface area contributed by atoms with Gasteiger partial charge in [-0.3, -0.25) is 0 Å². The summed E-state index contributed by atoms with van der Waals surface area (Å²) >= 11 is 0. The summed E-state index contributed by atoms with van der Waals surface area (Å²) in [6, 6.07) is 54.4. The molecule has 0 radical (unpaired) electrons. The molecule has 262 valence electrons. The molecule has 1 nitrogen and oxygen atoms in total. The maximum atomic E-state index is 5.25. The monoisotopic (exact) mass is 703 g/mol. The van der Waals surface area contributed by atoms with E-state index in [0.717, 1.165) is 16.8 Å². The zero-order valence-corrected chi connectivity index (χ0v) is 32.4. The first-order valence-electron chi connectivity index (χ1n) is 19.5. The molecule has 55 heavy (non-hydrogen) atoms. The van der Waals surface area contributed by atoms with Gasteiger partial charge in [-0.15, -0.1) is 0 Å². The normalized spacial score (nSPS) is 11.8. The summed E-state index contributed by atoms with van der Waals surface area (Å²) in [5.41, 5.74) is 17.9. The van der Waals surface area contributed by atoms with Gasteiger partial charge >= 0.3 is 0 Å². The van der Waals surface area contributed by atoms with E-state index in [1.165, 1.54) is 109 Å². The van der Waals surface area contributed by atoms with Crippen LogP contribution in [0.3, 0.4) is 0 Å². The smallest absolute Gasteiger partial charge is 0.242 e. The Hall–Kier alpha value is -6.25. The quantitative estimate of drug-likeness (QED) is 0.0988. The molecule has 1 heterocycles. The van der Waals surface area contributed by atoms with Crippen molar-refractivity contribution in [2.24, 2.45) is 0 Å². The minimum Gasteiger partial charge on any atom is -0.247 e. The Labute approximate surface area is 323 Å². The number of rotatable bonds is 5. The SMILES string of the molecule is Cc1cc(C)c(B(c2ccc(-c3ccc4ccc5c6c(cc7ccc3c4c75)c(-c3ccccc3)nc3ccccc36)cc2)c2c(C)cc(C)cc2C)c(C)c1. The predicted octanol–water partition coefficient (Wildman–Crippen LogP) is 12.0. The lowest BCUT2D eigenvalue weighted by Crippen LogP contribution is -2.55.